The van der Waals surface area contributed by atoms with Gasteiger partial charge < -0.3 is 10.1 Å². The van der Waals surface area contributed by atoms with Crippen molar-refractivity contribution in [3.05, 3.63) is 53.6 Å². The van der Waals surface area contributed by atoms with Crippen molar-refractivity contribution in [1.82, 2.24) is 14.7 Å². The van der Waals surface area contributed by atoms with Gasteiger partial charge in [-0.05, 0) is 17.7 Å². The zero-order valence-electron chi connectivity index (χ0n) is 11.1. The fraction of sp³-hybridized carbons (Fsp3) is 0.231. The molecule has 7 nitrogen and oxygen atoms in total. The van der Waals surface area contributed by atoms with Crippen LogP contribution in [0.25, 0.3) is 0 Å². The molecule has 0 saturated carbocycles. The van der Waals surface area contributed by atoms with Crippen molar-refractivity contribution in [3.8, 4) is 0 Å². The highest BCUT2D eigenvalue weighted by atomic mass is 32.2. The van der Waals surface area contributed by atoms with Crippen LogP contribution in [0, 0.1) is 0 Å². The van der Waals surface area contributed by atoms with Crippen LogP contribution in [0.3, 0.4) is 0 Å². The summed E-state index contributed by atoms with van der Waals surface area (Å²) in [5.41, 5.74) is 0.499. The number of aromatic amines is 1. The predicted molar refractivity (Wildman–Crippen MR) is 76.3 cm³/mol. The molecule has 0 spiro atoms. The van der Waals surface area contributed by atoms with E-state index in [2.05, 4.69) is 14.7 Å². The molecular formula is C13H15N3O4S. The van der Waals surface area contributed by atoms with Gasteiger partial charge in [-0.15, -0.1) is 0 Å². The Morgan fingerprint density at radius 1 is 1.38 bits per heavy atom. The smallest absolute Gasteiger partial charge is 0.335 e. The van der Waals surface area contributed by atoms with Gasteiger partial charge >= 0.3 is 5.97 Å². The summed E-state index contributed by atoms with van der Waals surface area (Å²) in [6.45, 7) is 0.231. The van der Waals surface area contributed by atoms with Crippen LogP contribution in [0.4, 0.5) is 0 Å². The quantitative estimate of drug-likeness (QED) is 0.699. The highest BCUT2D eigenvalue weighted by Crippen LogP contribution is 2.08. The second-order valence-corrected chi connectivity index (χ2v) is 6.25. The maximum Gasteiger partial charge on any atom is 0.335 e. The van der Waals surface area contributed by atoms with Gasteiger partial charge in [0.15, 0.2) is 0 Å². The van der Waals surface area contributed by atoms with Gasteiger partial charge in [-0.2, -0.15) is 0 Å². The van der Waals surface area contributed by atoms with E-state index >= 15 is 0 Å². The molecule has 0 unspecified atom stereocenters. The summed E-state index contributed by atoms with van der Waals surface area (Å²) in [5, 5.41) is 8.88. The molecule has 2 aromatic rings. The summed E-state index contributed by atoms with van der Waals surface area (Å²) in [5.74, 6) is -0.641. The second-order valence-electron chi connectivity index (χ2n) is 4.44. The number of carboxylic acids is 1. The molecule has 0 fully saturated rings. The number of carbonyl (C=O) groups is 1. The zero-order chi connectivity index (χ0) is 15.3. The first kappa shape index (κ1) is 15.2. The molecule has 0 bridgehead atoms. The molecule has 0 aliphatic carbocycles. The third kappa shape index (κ3) is 4.69. The second kappa shape index (κ2) is 6.51. The molecule has 0 aliphatic heterocycles. The normalized spacial score (nSPS) is 11.4. The number of hydrogen-bond donors (Lipinski definition) is 3. The lowest BCUT2D eigenvalue weighted by Crippen LogP contribution is -2.27. The number of nitrogens with one attached hydrogen (secondary N) is 2. The maximum atomic E-state index is 11.9. The lowest BCUT2D eigenvalue weighted by atomic mass is 10.1. The van der Waals surface area contributed by atoms with Gasteiger partial charge in [-0.25, -0.2) is 22.9 Å². The standard InChI is InChI=1S/C13H15N3O4S/c17-13(18)11-3-1-2-10(8-11)9-21(19,20)16-5-4-12-14-6-7-15-12/h1-3,6-8,16H,4-5,9H2,(H,14,15)(H,17,18). The van der Waals surface area contributed by atoms with Crippen molar-refractivity contribution >= 4 is 16.0 Å². The maximum absolute atomic E-state index is 11.9. The first-order valence-electron chi connectivity index (χ1n) is 6.24. The fourth-order valence-corrected chi connectivity index (χ4v) is 2.96. The number of benzene rings is 1. The van der Waals surface area contributed by atoms with Crippen LogP contribution in [-0.2, 0) is 22.2 Å². The van der Waals surface area contributed by atoms with E-state index in [9.17, 15) is 13.2 Å². The minimum absolute atomic E-state index is 0.0679. The Balaban J connectivity index is 1.94. The Kier molecular flexibility index (Phi) is 4.71. The monoisotopic (exact) mass is 309 g/mol. The highest BCUT2D eigenvalue weighted by Gasteiger charge is 2.12. The van der Waals surface area contributed by atoms with E-state index in [1.54, 1.807) is 18.5 Å². The summed E-state index contributed by atoms with van der Waals surface area (Å²) < 4.78 is 26.3. The van der Waals surface area contributed by atoms with Crippen molar-refractivity contribution in [2.24, 2.45) is 0 Å². The molecule has 112 valence electrons. The van der Waals surface area contributed by atoms with Crippen molar-refractivity contribution in [3.63, 3.8) is 0 Å². The fourth-order valence-electron chi connectivity index (χ4n) is 1.82. The van der Waals surface area contributed by atoms with Gasteiger partial charge in [0.2, 0.25) is 10.0 Å². The number of rotatable bonds is 7. The molecule has 0 saturated heterocycles. The van der Waals surface area contributed by atoms with Crippen LogP contribution in [0.2, 0.25) is 0 Å². The van der Waals surface area contributed by atoms with Crippen LogP contribution < -0.4 is 4.72 Å². The van der Waals surface area contributed by atoms with E-state index in [4.69, 9.17) is 5.11 Å². The number of aromatic nitrogens is 2. The predicted octanol–water partition coefficient (Wildman–Crippen LogP) is 0.770. The topological polar surface area (TPSA) is 112 Å². The van der Waals surface area contributed by atoms with Crippen LogP contribution in [0.1, 0.15) is 21.7 Å². The molecule has 1 aromatic carbocycles. The molecule has 21 heavy (non-hydrogen) atoms. The molecule has 0 radical (unpaired) electrons. The molecule has 3 N–H and O–H groups in total. The van der Waals surface area contributed by atoms with E-state index in [-0.39, 0.29) is 17.9 Å². The molecule has 0 amide bonds. The molecule has 1 heterocycles. The highest BCUT2D eigenvalue weighted by molar-refractivity contribution is 7.88. The van der Waals surface area contributed by atoms with E-state index in [1.807, 2.05) is 0 Å². The Labute approximate surface area is 122 Å². The van der Waals surface area contributed by atoms with Gasteiger partial charge in [0.25, 0.3) is 0 Å². The van der Waals surface area contributed by atoms with Gasteiger partial charge in [0.1, 0.15) is 5.82 Å². The van der Waals surface area contributed by atoms with E-state index in [0.29, 0.717) is 17.8 Å². The van der Waals surface area contributed by atoms with Crippen LogP contribution in [0.15, 0.2) is 36.7 Å². The SMILES string of the molecule is O=C(O)c1cccc(CS(=O)(=O)NCCc2ncc[nH]2)c1. The number of imidazole rings is 1. The van der Waals surface area contributed by atoms with E-state index in [1.165, 1.54) is 18.2 Å². The summed E-state index contributed by atoms with van der Waals surface area (Å²) in [4.78, 5) is 17.7. The third-order valence-electron chi connectivity index (χ3n) is 2.77. The van der Waals surface area contributed by atoms with Crippen LogP contribution in [-0.4, -0.2) is 36.0 Å². The average Bonchev–Trinajstić information content (AvgIpc) is 2.91. The minimum Gasteiger partial charge on any atom is -0.478 e. The van der Waals surface area contributed by atoms with Gasteiger partial charge in [-0.1, -0.05) is 12.1 Å². The van der Waals surface area contributed by atoms with Crippen molar-refractivity contribution in [1.29, 1.82) is 0 Å². The largest absolute Gasteiger partial charge is 0.478 e. The Bertz CT molecular complexity index is 711. The Hall–Kier alpha value is -2.19. The van der Waals surface area contributed by atoms with Gasteiger partial charge in [0.05, 0.1) is 11.3 Å². The summed E-state index contributed by atoms with van der Waals surface area (Å²) >= 11 is 0. The molecule has 1 aromatic heterocycles. The number of H-pyrrole nitrogens is 1. The lowest BCUT2D eigenvalue weighted by Gasteiger charge is -2.06. The van der Waals surface area contributed by atoms with Crippen molar-refractivity contribution < 1.29 is 18.3 Å². The lowest BCUT2D eigenvalue weighted by molar-refractivity contribution is 0.0696. The molecule has 0 atom stereocenters. The van der Waals surface area contributed by atoms with E-state index in [0.717, 1.165) is 0 Å². The van der Waals surface area contributed by atoms with Crippen LogP contribution in [0.5, 0.6) is 0 Å². The number of hydrogen-bond acceptors (Lipinski definition) is 4. The van der Waals surface area contributed by atoms with Crippen LogP contribution >= 0.6 is 0 Å². The molecule has 0 aliphatic rings. The third-order valence-corrected chi connectivity index (χ3v) is 4.13. The first-order valence-corrected chi connectivity index (χ1v) is 7.89. The molecule has 8 heteroatoms. The number of sulfonamides is 1. The van der Waals surface area contributed by atoms with Crippen molar-refractivity contribution in [2.45, 2.75) is 12.2 Å². The van der Waals surface area contributed by atoms with E-state index < -0.39 is 16.0 Å². The van der Waals surface area contributed by atoms with Crippen molar-refractivity contribution in [2.75, 3.05) is 6.54 Å². The summed E-state index contributed by atoms with van der Waals surface area (Å²) in [7, 11) is -3.51. The first-order chi connectivity index (χ1) is 9.96. The number of carboxylic acid groups (broad SMARTS) is 1. The number of nitrogens with zero attached hydrogens (tertiary/aromatic N) is 1. The Morgan fingerprint density at radius 2 is 2.19 bits per heavy atom. The summed E-state index contributed by atoms with van der Waals surface area (Å²) in [6.07, 6.45) is 3.73. The molecule has 2 rings (SSSR count). The Morgan fingerprint density at radius 3 is 2.86 bits per heavy atom. The average molecular weight is 309 g/mol. The zero-order valence-corrected chi connectivity index (χ0v) is 11.9. The van der Waals surface area contributed by atoms with Gasteiger partial charge in [-0.3, -0.25) is 0 Å². The number of aromatic carboxylic acids is 1. The molecular weight excluding hydrogens is 294 g/mol. The minimum atomic E-state index is -3.51. The summed E-state index contributed by atoms with van der Waals surface area (Å²) in [6, 6.07) is 5.88. The van der Waals surface area contributed by atoms with Gasteiger partial charge in [0, 0.05) is 25.4 Å².